The van der Waals surface area contributed by atoms with E-state index in [1.807, 2.05) is 0 Å². The number of aliphatic imine (C=N–C) groups is 1. The number of aromatic nitrogens is 2. The molecule has 2 aliphatic rings. The number of hydrogen-bond acceptors (Lipinski definition) is 6. The Bertz CT molecular complexity index is 576. The first-order chi connectivity index (χ1) is 12.7. The monoisotopic (exact) mass is 379 g/mol. The van der Waals surface area contributed by atoms with Gasteiger partial charge in [-0.25, -0.2) is 4.98 Å². The molecule has 1 aromatic rings. The Morgan fingerprint density at radius 3 is 2.58 bits per heavy atom. The Labute approximate surface area is 161 Å². The summed E-state index contributed by atoms with van der Waals surface area (Å²) in [6.45, 7) is 14.4. The summed E-state index contributed by atoms with van der Waals surface area (Å²) >= 11 is 1.52. The van der Waals surface area contributed by atoms with Crippen molar-refractivity contribution in [3.05, 3.63) is 5.82 Å². The van der Waals surface area contributed by atoms with Crippen LogP contribution in [0, 0.1) is 0 Å². The van der Waals surface area contributed by atoms with E-state index >= 15 is 0 Å². The Morgan fingerprint density at radius 2 is 2.00 bits per heavy atom. The summed E-state index contributed by atoms with van der Waals surface area (Å²) in [6.07, 6.45) is 3.64. The SMILES string of the molecule is CCNC(=NCCN(CC)C1CC1)N1CCN(c2nc(CC)ns2)CC1. The second-order valence-corrected chi connectivity index (χ2v) is 7.65. The van der Waals surface area contributed by atoms with Gasteiger partial charge in [-0.1, -0.05) is 13.8 Å². The van der Waals surface area contributed by atoms with E-state index in [2.05, 4.69) is 50.1 Å². The molecule has 2 fully saturated rings. The molecule has 0 bridgehead atoms. The van der Waals surface area contributed by atoms with E-state index in [9.17, 15) is 0 Å². The zero-order valence-electron chi connectivity index (χ0n) is 16.4. The maximum Gasteiger partial charge on any atom is 0.205 e. The maximum absolute atomic E-state index is 4.90. The smallest absolute Gasteiger partial charge is 0.205 e. The summed E-state index contributed by atoms with van der Waals surface area (Å²) in [7, 11) is 0. The van der Waals surface area contributed by atoms with Crippen LogP contribution in [-0.2, 0) is 6.42 Å². The van der Waals surface area contributed by atoms with Crippen molar-refractivity contribution in [3.8, 4) is 0 Å². The van der Waals surface area contributed by atoms with Crippen LogP contribution in [0.5, 0.6) is 0 Å². The molecule has 146 valence electrons. The minimum absolute atomic E-state index is 0.821. The quantitative estimate of drug-likeness (QED) is 0.548. The summed E-state index contributed by atoms with van der Waals surface area (Å²) < 4.78 is 4.41. The van der Waals surface area contributed by atoms with Crippen molar-refractivity contribution in [2.75, 3.05) is 57.3 Å². The standard InChI is InChI=1S/C18H33N7S/c1-4-16-21-18(26-22-16)25-13-11-24(12-14-25)17(19-5-2)20-9-10-23(6-3)15-7-8-15/h15H,4-14H2,1-3H3,(H,19,20). The van der Waals surface area contributed by atoms with Crippen LogP contribution in [0.2, 0.25) is 0 Å². The highest BCUT2D eigenvalue weighted by Crippen LogP contribution is 2.26. The molecule has 8 heteroatoms. The van der Waals surface area contributed by atoms with Crippen LogP contribution in [0.1, 0.15) is 39.4 Å². The maximum atomic E-state index is 4.90. The minimum atomic E-state index is 0.821. The molecule has 7 nitrogen and oxygen atoms in total. The van der Waals surface area contributed by atoms with E-state index in [0.717, 1.165) is 81.7 Å². The van der Waals surface area contributed by atoms with Crippen molar-refractivity contribution in [1.29, 1.82) is 0 Å². The second kappa shape index (κ2) is 9.50. The van der Waals surface area contributed by atoms with Crippen LogP contribution in [0.25, 0.3) is 0 Å². The molecular formula is C18H33N7S. The first-order valence-electron chi connectivity index (χ1n) is 10.1. The molecule has 1 saturated heterocycles. The van der Waals surface area contributed by atoms with Crippen molar-refractivity contribution < 1.29 is 0 Å². The van der Waals surface area contributed by atoms with Crippen LogP contribution in [0.3, 0.4) is 0 Å². The number of nitrogens with zero attached hydrogens (tertiary/aromatic N) is 6. The van der Waals surface area contributed by atoms with E-state index in [1.165, 1.54) is 24.4 Å². The molecule has 0 atom stereocenters. The van der Waals surface area contributed by atoms with E-state index in [-0.39, 0.29) is 0 Å². The van der Waals surface area contributed by atoms with Crippen molar-refractivity contribution in [2.45, 2.75) is 46.1 Å². The lowest BCUT2D eigenvalue weighted by molar-refractivity contribution is 0.285. The molecule has 26 heavy (non-hydrogen) atoms. The van der Waals surface area contributed by atoms with E-state index < -0.39 is 0 Å². The van der Waals surface area contributed by atoms with Crippen molar-refractivity contribution in [3.63, 3.8) is 0 Å². The van der Waals surface area contributed by atoms with Gasteiger partial charge in [-0.05, 0) is 26.3 Å². The molecular weight excluding hydrogens is 346 g/mol. The van der Waals surface area contributed by atoms with E-state index in [4.69, 9.17) is 4.99 Å². The third kappa shape index (κ3) is 5.07. The van der Waals surface area contributed by atoms with Gasteiger partial charge in [0.2, 0.25) is 5.13 Å². The highest BCUT2D eigenvalue weighted by Gasteiger charge is 2.27. The predicted molar refractivity (Wildman–Crippen MR) is 109 cm³/mol. The zero-order valence-corrected chi connectivity index (χ0v) is 17.3. The molecule has 1 aromatic heterocycles. The van der Waals surface area contributed by atoms with Crippen LogP contribution in [0.4, 0.5) is 5.13 Å². The Hall–Kier alpha value is -1.41. The fourth-order valence-corrected chi connectivity index (χ4v) is 4.18. The van der Waals surface area contributed by atoms with Crippen molar-refractivity contribution in [1.82, 2.24) is 24.5 Å². The first-order valence-corrected chi connectivity index (χ1v) is 10.9. The lowest BCUT2D eigenvalue weighted by Crippen LogP contribution is -2.52. The molecule has 1 aliphatic carbocycles. The normalized spacial score (nSPS) is 18.7. The molecule has 1 saturated carbocycles. The van der Waals surface area contributed by atoms with Gasteiger partial charge in [-0.3, -0.25) is 9.89 Å². The number of anilines is 1. The van der Waals surface area contributed by atoms with Gasteiger partial charge in [0.05, 0.1) is 6.54 Å². The average molecular weight is 380 g/mol. The number of piperazine rings is 1. The molecule has 0 radical (unpaired) electrons. The highest BCUT2D eigenvalue weighted by molar-refractivity contribution is 7.09. The van der Waals surface area contributed by atoms with Crippen molar-refractivity contribution in [2.24, 2.45) is 4.99 Å². The first kappa shape index (κ1) is 19.4. The van der Waals surface area contributed by atoms with Gasteiger partial charge in [-0.15, -0.1) is 0 Å². The molecule has 0 amide bonds. The number of likely N-dealkylation sites (N-methyl/N-ethyl adjacent to an activating group) is 1. The minimum Gasteiger partial charge on any atom is -0.357 e. The molecule has 0 aromatic carbocycles. The topological polar surface area (TPSA) is 59.9 Å². The van der Waals surface area contributed by atoms with E-state index in [1.54, 1.807) is 0 Å². The van der Waals surface area contributed by atoms with Gasteiger partial charge in [-0.2, -0.15) is 4.37 Å². The number of guanidine groups is 1. The third-order valence-electron chi connectivity index (χ3n) is 5.08. The third-order valence-corrected chi connectivity index (χ3v) is 5.89. The number of rotatable bonds is 8. The van der Waals surface area contributed by atoms with Gasteiger partial charge in [0.1, 0.15) is 5.82 Å². The summed E-state index contributed by atoms with van der Waals surface area (Å²) in [4.78, 5) is 16.8. The highest BCUT2D eigenvalue weighted by atomic mass is 32.1. The van der Waals surface area contributed by atoms with E-state index in [0.29, 0.717) is 0 Å². The molecule has 1 aliphatic heterocycles. The Balaban J connectivity index is 1.51. The summed E-state index contributed by atoms with van der Waals surface area (Å²) in [5.41, 5.74) is 0. The van der Waals surface area contributed by atoms with Crippen LogP contribution >= 0.6 is 11.5 Å². The zero-order chi connectivity index (χ0) is 18.4. The second-order valence-electron chi connectivity index (χ2n) is 6.92. The van der Waals surface area contributed by atoms with Gasteiger partial charge in [0.15, 0.2) is 5.96 Å². The van der Waals surface area contributed by atoms with Gasteiger partial charge >= 0.3 is 0 Å². The number of hydrogen-bond donors (Lipinski definition) is 1. The Morgan fingerprint density at radius 1 is 1.23 bits per heavy atom. The summed E-state index contributed by atoms with van der Waals surface area (Å²) in [6, 6.07) is 0.821. The molecule has 0 spiro atoms. The van der Waals surface area contributed by atoms with Crippen LogP contribution < -0.4 is 10.2 Å². The number of nitrogens with one attached hydrogen (secondary N) is 1. The van der Waals surface area contributed by atoms with Crippen LogP contribution in [-0.4, -0.2) is 83.5 Å². The molecule has 1 N–H and O–H groups in total. The summed E-state index contributed by atoms with van der Waals surface area (Å²) in [5.74, 6) is 2.02. The molecule has 0 unspecified atom stereocenters. The van der Waals surface area contributed by atoms with Gasteiger partial charge in [0, 0.05) is 63.3 Å². The van der Waals surface area contributed by atoms with Crippen molar-refractivity contribution >= 4 is 22.6 Å². The van der Waals surface area contributed by atoms with Crippen LogP contribution in [0.15, 0.2) is 4.99 Å². The predicted octanol–water partition coefficient (Wildman–Crippen LogP) is 1.67. The molecule has 2 heterocycles. The fourth-order valence-electron chi connectivity index (χ4n) is 3.38. The fraction of sp³-hybridized carbons (Fsp3) is 0.833. The number of aryl methyl sites for hydroxylation is 1. The molecule has 3 rings (SSSR count). The summed E-state index contributed by atoms with van der Waals surface area (Å²) in [5, 5.41) is 4.53. The lowest BCUT2D eigenvalue weighted by atomic mass is 10.3. The van der Waals surface area contributed by atoms with Gasteiger partial charge < -0.3 is 15.1 Å². The Kier molecular flexibility index (Phi) is 7.07. The van der Waals surface area contributed by atoms with Gasteiger partial charge in [0.25, 0.3) is 0 Å². The average Bonchev–Trinajstić information content (AvgIpc) is 3.40. The lowest BCUT2D eigenvalue weighted by Gasteiger charge is -2.36. The largest absolute Gasteiger partial charge is 0.357 e.